The highest BCUT2D eigenvalue weighted by Crippen LogP contribution is 2.31. The van der Waals surface area contributed by atoms with Crippen LogP contribution in [-0.2, 0) is 0 Å². The minimum atomic E-state index is 0.642. The zero-order valence-corrected chi connectivity index (χ0v) is 15.6. The monoisotopic (exact) mass is 367 g/mol. The third-order valence-corrected chi connectivity index (χ3v) is 4.87. The highest BCUT2D eigenvalue weighted by Gasteiger charge is 2.12. The van der Waals surface area contributed by atoms with Crippen molar-refractivity contribution in [3.63, 3.8) is 0 Å². The number of rotatable bonds is 8. The lowest BCUT2D eigenvalue weighted by Gasteiger charge is -2.16. The Hall–Kier alpha value is -2.80. The summed E-state index contributed by atoms with van der Waals surface area (Å²) in [6, 6.07) is 7.85. The molecule has 2 N–H and O–H groups in total. The van der Waals surface area contributed by atoms with Gasteiger partial charge in [-0.2, -0.15) is 5.10 Å². The fraction of sp³-hybridized carbons (Fsp3) is 0.400. The number of likely N-dealkylation sites (tertiary alicyclic amines) is 1. The van der Waals surface area contributed by atoms with Crippen molar-refractivity contribution in [3.05, 3.63) is 36.7 Å². The van der Waals surface area contributed by atoms with E-state index in [0.717, 1.165) is 29.6 Å². The number of aromatic nitrogens is 3. The molecule has 0 bridgehead atoms. The number of hydrogen-bond donors (Lipinski definition) is 2. The molecule has 1 aromatic carbocycles. The third-order valence-electron chi connectivity index (χ3n) is 4.87. The highest BCUT2D eigenvalue weighted by atomic mass is 16.5. The number of H-pyrrole nitrogens is 1. The Kier molecular flexibility index (Phi) is 5.39. The Bertz CT molecular complexity index is 889. The summed E-state index contributed by atoms with van der Waals surface area (Å²) >= 11 is 0. The average molecular weight is 367 g/mol. The lowest BCUT2D eigenvalue weighted by molar-refractivity contribution is 0.254. The van der Waals surface area contributed by atoms with Gasteiger partial charge in [-0.05, 0) is 44.5 Å². The van der Waals surface area contributed by atoms with E-state index >= 15 is 0 Å². The molecule has 3 aromatic rings. The average Bonchev–Trinajstić information content (AvgIpc) is 3.37. The molecule has 1 saturated heterocycles. The molecule has 0 unspecified atom stereocenters. The van der Waals surface area contributed by atoms with Gasteiger partial charge in [0.25, 0.3) is 0 Å². The summed E-state index contributed by atoms with van der Waals surface area (Å²) < 4.78 is 11.4. The standard InChI is InChI=1S/C20H25N5O2/c1-26-19-14-21-20(23-16-6-4-7-17-15(16)13-22-24-17)12-18(19)27-11-5-10-25-8-2-3-9-25/h4,6-7,12-14H,2-3,5,8-11H2,1H3,(H,21,23)(H,22,24). The SMILES string of the molecule is COc1cnc(Nc2cccc3[nH]ncc23)cc1OCCCN1CCCC1. The van der Waals surface area contributed by atoms with Gasteiger partial charge in [0, 0.05) is 18.0 Å². The van der Waals surface area contributed by atoms with E-state index < -0.39 is 0 Å². The van der Waals surface area contributed by atoms with E-state index in [1.54, 1.807) is 19.5 Å². The number of benzene rings is 1. The maximum atomic E-state index is 5.99. The van der Waals surface area contributed by atoms with Crippen molar-refractivity contribution < 1.29 is 9.47 Å². The van der Waals surface area contributed by atoms with Crippen molar-refractivity contribution in [1.82, 2.24) is 20.1 Å². The molecular formula is C20H25N5O2. The van der Waals surface area contributed by atoms with Gasteiger partial charge >= 0.3 is 0 Å². The lowest BCUT2D eigenvalue weighted by Crippen LogP contribution is -2.21. The number of fused-ring (bicyclic) bond motifs is 1. The van der Waals surface area contributed by atoms with Gasteiger partial charge in [0.15, 0.2) is 11.5 Å². The van der Waals surface area contributed by atoms with E-state index in [2.05, 4.69) is 25.4 Å². The Morgan fingerprint density at radius 1 is 1.19 bits per heavy atom. The molecule has 27 heavy (non-hydrogen) atoms. The molecule has 4 rings (SSSR count). The Morgan fingerprint density at radius 3 is 2.93 bits per heavy atom. The number of methoxy groups -OCH3 is 1. The molecule has 0 radical (unpaired) electrons. The molecule has 1 aliphatic rings. The number of aromatic amines is 1. The second kappa shape index (κ2) is 8.26. The molecule has 0 saturated carbocycles. The molecule has 0 atom stereocenters. The zero-order valence-electron chi connectivity index (χ0n) is 15.6. The van der Waals surface area contributed by atoms with Crippen molar-refractivity contribution in [2.24, 2.45) is 0 Å². The molecule has 3 heterocycles. The summed E-state index contributed by atoms with van der Waals surface area (Å²) in [4.78, 5) is 6.92. The maximum Gasteiger partial charge on any atom is 0.179 e. The van der Waals surface area contributed by atoms with Crippen LogP contribution in [0.15, 0.2) is 36.7 Å². The van der Waals surface area contributed by atoms with Crippen molar-refractivity contribution in [2.45, 2.75) is 19.3 Å². The van der Waals surface area contributed by atoms with Crippen LogP contribution < -0.4 is 14.8 Å². The second-order valence-electron chi connectivity index (χ2n) is 6.73. The summed E-state index contributed by atoms with van der Waals surface area (Å²) in [6.45, 7) is 4.17. The highest BCUT2D eigenvalue weighted by molar-refractivity contribution is 5.92. The Morgan fingerprint density at radius 2 is 2.07 bits per heavy atom. The molecule has 0 aliphatic carbocycles. The van der Waals surface area contributed by atoms with Gasteiger partial charge in [-0.25, -0.2) is 4.98 Å². The van der Waals surface area contributed by atoms with Crippen LogP contribution in [0.4, 0.5) is 11.5 Å². The molecule has 1 aliphatic heterocycles. The van der Waals surface area contributed by atoms with Crippen LogP contribution in [0.2, 0.25) is 0 Å². The van der Waals surface area contributed by atoms with Crippen LogP contribution in [0, 0.1) is 0 Å². The van der Waals surface area contributed by atoms with Crippen LogP contribution in [-0.4, -0.2) is 53.4 Å². The van der Waals surface area contributed by atoms with Crippen LogP contribution in [0.3, 0.4) is 0 Å². The van der Waals surface area contributed by atoms with Crippen LogP contribution in [0.1, 0.15) is 19.3 Å². The van der Waals surface area contributed by atoms with Crippen molar-refractivity contribution >= 4 is 22.4 Å². The van der Waals surface area contributed by atoms with Crippen LogP contribution in [0.5, 0.6) is 11.5 Å². The van der Waals surface area contributed by atoms with E-state index in [-0.39, 0.29) is 0 Å². The summed E-state index contributed by atoms with van der Waals surface area (Å²) in [6.07, 6.45) is 7.13. The van der Waals surface area contributed by atoms with Gasteiger partial charge in [-0.15, -0.1) is 0 Å². The van der Waals surface area contributed by atoms with Gasteiger partial charge in [0.2, 0.25) is 0 Å². The molecule has 2 aromatic heterocycles. The minimum absolute atomic E-state index is 0.642. The van der Waals surface area contributed by atoms with E-state index in [1.165, 1.54) is 25.9 Å². The number of anilines is 2. The van der Waals surface area contributed by atoms with E-state index in [4.69, 9.17) is 9.47 Å². The molecule has 7 nitrogen and oxygen atoms in total. The summed E-state index contributed by atoms with van der Waals surface area (Å²) in [5.74, 6) is 2.05. The Labute approximate surface area is 158 Å². The van der Waals surface area contributed by atoms with Gasteiger partial charge in [-0.1, -0.05) is 6.07 Å². The van der Waals surface area contributed by atoms with Gasteiger partial charge in [-0.3, -0.25) is 5.10 Å². The van der Waals surface area contributed by atoms with Gasteiger partial charge in [0.05, 0.1) is 37.3 Å². The quantitative estimate of drug-likeness (QED) is 0.593. The maximum absolute atomic E-state index is 5.99. The van der Waals surface area contributed by atoms with Crippen molar-refractivity contribution in [2.75, 3.05) is 38.7 Å². The summed E-state index contributed by atoms with van der Waals surface area (Å²) in [5, 5.41) is 11.4. The van der Waals surface area contributed by atoms with Crippen molar-refractivity contribution in [1.29, 1.82) is 0 Å². The normalized spacial score (nSPS) is 14.6. The first-order valence-corrected chi connectivity index (χ1v) is 9.42. The van der Waals surface area contributed by atoms with E-state index in [1.807, 2.05) is 24.3 Å². The smallest absolute Gasteiger partial charge is 0.179 e. The van der Waals surface area contributed by atoms with Gasteiger partial charge in [0.1, 0.15) is 5.82 Å². The lowest BCUT2D eigenvalue weighted by atomic mass is 10.2. The number of nitrogens with zero attached hydrogens (tertiary/aromatic N) is 3. The fourth-order valence-corrected chi connectivity index (χ4v) is 3.45. The zero-order chi connectivity index (χ0) is 18.5. The summed E-state index contributed by atoms with van der Waals surface area (Å²) in [5.41, 5.74) is 1.92. The third kappa shape index (κ3) is 4.14. The van der Waals surface area contributed by atoms with Crippen LogP contribution >= 0.6 is 0 Å². The topological polar surface area (TPSA) is 75.3 Å². The number of ether oxygens (including phenoxy) is 2. The number of pyridine rings is 1. The van der Waals surface area contributed by atoms with Crippen LogP contribution in [0.25, 0.3) is 10.9 Å². The van der Waals surface area contributed by atoms with Gasteiger partial charge < -0.3 is 19.7 Å². The molecule has 142 valence electrons. The number of nitrogens with one attached hydrogen (secondary N) is 2. The predicted octanol–water partition coefficient (Wildman–Crippen LogP) is 3.57. The molecule has 7 heteroatoms. The number of hydrogen-bond acceptors (Lipinski definition) is 6. The molecule has 0 amide bonds. The first-order valence-electron chi connectivity index (χ1n) is 9.42. The first-order chi connectivity index (χ1) is 13.3. The first kappa shape index (κ1) is 17.6. The Balaban J connectivity index is 1.43. The minimum Gasteiger partial charge on any atom is -0.491 e. The molecular weight excluding hydrogens is 342 g/mol. The summed E-state index contributed by atoms with van der Waals surface area (Å²) in [7, 11) is 1.63. The van der Waals surface area contributed by atoms with Crippen molar-refractivity contribution in [3.8, 4) is 11.5 Å². The molecule has 1 fully saturated rings. The van der Waals surface area contributed by atoms with E-state index in [0.29, 0.717) is 23.9 Å². The predicted molar refractivity (Wildman–Crippen MR) is 106 cm³/mol. The fourth-order valence-electron chi connectivity index (χ4n) is 3.45. The van der Waals surface area contributed by atoms with E-state index in [9.17, 15) is 0 Å². The largest absolute Gasteiger partial charge is 0.491 e. The molecule has 0 spiro atoms. The second-order valence-corrected chi connectivity index (χ2v) is 6.73.